The van der Waals surface area contributed by atoms with Crippen molar-refractivity contribution < 1.29 is 9.47 Å². The standard InChI is InChI=1S/C17H23N3O2S/c1-13-11-22-14(2)10-19(13)12-18-8-9-20(17(18)23)15-4-6-16(21-3)7-5-15/h4-9,13-14H,10-12H2,1-3H3. The van der Waals surface area contributed by atoms with Crippen LogP contribution in [0.5, 0.6) is 5.75 Å². The molecular weight excluding hydrogens is 310 g/mol. The second kappa shape index (κ2) is 6.86. The van der Waals surface area contributed by atoms with Gasteiger partial charge in [0.2, 0.25) is 0 Å². The van der Waals surface area contributed by atoms with Gasteiger partial charge in [-0.05, 0) is 50.3 Å². The first-order valence-electron chi connectivity index (χ1n) is 7.86. The lowest BCUT2D eigenvalue weighted by Gasteiger charge is -2.36. The SMILES string of the molecule is COc1ccc(-n2ccn(CN3CC(C)OCC3C)c2=S)cc1. The van der Waals surface area contributed by atoms with E-state index in [-0.39, 0.29) is 6.10 Å². The molecule has 2 unspecified atom stereocenters. The van der Waals surface area contributed by atoms with E-state index in [2.05, 4.69) is 23.3 Å². The Morgan fingerprint density at radius 2 is 1.96 bits per heavy atom. The Balaban J connectivity index is 1.80. The third-order valence-corrected chi connectivity index (χ3v) is 4.70. The summed E-state index contributed by atoms with van der Waals surface area (Å²) in [6.45, 7) is 6.79. The number of imidazole rings is 1. The van der Waals surface area contributed by atoms with Gasteiger partial charge in [0.15, 0.2) is 4.77 Å². The number of methoxy groups -OCH3 is 1. The Bertz CT molecular complexity index is 707. The summed E-state index contributed by atoms with van der Waals surface area (Å²) in [6, 6.07) is 8.31. The van der Waals surface area contributed by atoms with Gasteiger partial charge < -0.3 is 14.0 Å². The highest BCUT2D eigenvalue weighted by Crippen LogP contribution is 2.17. The molecule has 1 aromatic carbocycles. The van der Waals surface area contributed by atoms with E-state index in [1.54, 1.807) is 7.11 Å². The number of aromatic nitrogens is 2. The summed E-state index contributed by atoms with van der Waals surface area (Å²) in [4.78, 5) is 2.41. The predicted octanol–water partition coefficient (Wildman–Crippen LogP) is 3.08. The molecule has 124 valence electrons. The minimum absolute atomic E-state index is 0.268. The van der Waals surface area contributed by atoms with Crippen LogP contribution in [0.3, 0.4) is 0 Å². The van der Waals surface area contributed by atoms with Crippen LogP contribution in [0.4, 0.5) is 0 Å². The first-order chi connectivity index (χ1) is 11.1. The quantitative estimate of drug-likeness (QED) is 0.805. The zero-order chi connectivity index (χ0) is 16.4. The molecule has 1 saturated heterocycles. The minimum atomic E-state index is 0.268. The zero-order valence-electron chi connectivity index (χ0n) is 13.8. The van der Waals surface area contributed by atoms with Gasteiger partial charge in [0.1, 0.15) is 5.75 Å². The Morgan fingerprint density at radius 1 is 1.22 bits per heavy atom. The minimum Gasteiger partial charge on any atom is -0.497 e. The van der Waals surface area contributed by atoms with E-state index in [1.165, 1.54) is 0 Å². The maximum absolute atomic E-state index is 5.69. The van der Waals surface area contributed by atoms with E-state index in [0.29, 0.717) is 6.04 Å². The van der Waals surface area contributed by atoms with Crippen LogP contribution in [0.2, 0.25) is 0 Å². The monoisotopic (exact) mass is 333 g/mol. The Morgan fingerprint density at radius 3 is 2.65 bits per heavy atom. The molecule has 0 radical (unpaired) electrons. The van der Waals surface area contributed by atoms with E-state index >= 15 is 0 Å². The molecule has 2 heterocycles. The van der Waals surface area contributed by atoms with Crippen molar-refractivity contribution in [1.29, 1.82) is 0 Å². The summed E-state index contributed by atoms with van der Waals surface area (Å²) in [5.74, 6) is 0.843. The number of rotatable bonds is 4. The van der Waals surface area contributed by atoms with Gasteiger partial charge in [0.05, 0.1) is 26.5 Å². The molecule has 0 aliphatic carbocycles. The van der Waals surface area contributed by atoms with E-state index in [1.807, 2.05) is 41.2 Å². The molecule has 0 N–H and O–H groups in total. The largest absolute Gasteiger partial charge is 0.497 e. The molecular formula is C17H23N3O2S. The van der Waals surface area contributed by atoms with E-state index in [9.17, 15) is 0 Å². The number of benzene rings is 1. The van der Waals surface area contributed by atoms with Gasteiger partial charge in [-0.3, -0.25) is 9.47 Å². The van der Waals surface area contributed by atoms with Crippen molar-refractivity contribution in [2.75, 3.05) is 20.3 Å². The molecule has 1 aliphatic rings. The number of nitrogens with zero attached hydrogens (tertiary/aromatic N) is 3. The van der Waals surface area contributed by atoms with Crippen LogP contribution in [-0.2, 0) is 11.4 Å². The summed E-state index contributed by atoms with van der Waals surface area (Å²) in [5, 5.41) is 0. The molecule has 1 aliphatic heterocycles. The van der Waals surface area contributed by atoms with Crippen molar-refractivity contribution in [3.05, 3.63) is 41.4 Å². The highest BCUT2D eigenvalue weighted by atomic mass is 32.1. The third kappa shape index (κ3) is 3.49. The Labute approximate surface area is 142 Å². The summed E-state index contributed by atoms with van der Waals surface area (Å²) in [6.07, 6.45) is 4.32. The topological polar surface area (TPSA) is 31.6 Å². The molecule has 2 atom stereocenters. The van der Waals surface area contributed by atoms with Crippen LogP contribution in [0.15, 0.2) is 36.7 Å². The molecule has 3 rings (SSSR count). The summed E-state index contributed by atoms with van der Waals surface area (Å²) in [5.41, 5.74) is 1.04. The average molecular weight is 333 g/mol. The molecule has 0 amide bonds. The lowest BCUT2D eigenvalue weighted by atomic mass is 10.2. The highest BCUT2D eigenvalue weighted by Gasteiger charge is 2.23. The first-order valence-corrected chi connectivity index (χ1v) is 8.27. The normalized spacial score (nSPS) is 22.2. The predicted molar refractivity (Wildman–Crippen MR) is 92.7 cm³/mol. The molecule has 1 fully saturated rings. The fourth-order valence-electron chi connectivity index (χ4n) is 2.82. The highest BCUT2D eigenvalue weighted by molar-refractivity contribution is 7.71. The third-order valence-electron chi connectivity index (χ3n) is 4.27. The Hall–Kier alpha value is -1.63. The van der Waals surface area contributed by atoms with E-state index in [4.69, 9.17) is 21.7 Å². The van der Waals surface area contributed by atoms with Crippen molar-refractivity contribution >= 4 is 12.2 Å². The molecule has 23 heavy (non-hydrogen) atoms. The lowest BCUT2D eigenvalue weighted by Crippen LogP contribution is -2.47. The maximum Gasteiger partial charge on any atom is 0.185 e. The van der Waals surface area contributed by atoms with E-state index < -0.39 is 0 Å². The number of hydrogen-bond acceptors (Lipinski definition) is 4. The van der Waals surface area contributed by atoms with Crippen molar-refractivity contribution in [2.24, 2.45) is 0 Å². The molecule has 0 bridgehead atoms. The second-order valence-electron chi connectivity index (χ2n) is 6.02. The van der Waals surface area contributed by atoms with Gasteiger partial charge in [-0.2, -0.15) is 0 Å². The van der Waals surface area contributed by atoms with Crippen molar-refractivity contribution in [1.82, 2.24) is 14.0 Å². The van der Waals surface area contributed by atoms with Crippen LogP contribution >= 0.6 is 12.2 Å². The summed E-state index contributed by atoms with van der Waals surface area (Å²) >= 11 is 5.64. The van der Waals surface area contributed by atoms with Crippen LogP contribution < -0.4 is 4.74 Å². The molecule has 2 aromatic rings. The molecule has 0 spiro atoms. The number of hydrogen-bond donors (Lipinski definition) is 0. The lowest BCUT2D eigenvalue weighted by molar-refractivity contribution is -0.0610. The maximum atomic E-state index is 5.69. The molecule has 0 saturated carbocycles. The number of ether oxygens (including phenoxy) is 2. The van der Waals surface area contributed by atoms with Crippen LogP contribution in [0.25, 0.3) is 5.69 Å². The fourth-order valence-corrected chi connectivity index (χ4v) is 3.11. The van der Waals surface area contributed by atoms with Crippen molar-refractivity contribution in [2.45, 2.75) is 32.7 Å². The zero-order valence-corrected chi connectivity index (χ0v) is 14.6. The summed E-state index contributed by atoms with van der Waals surface area (Å²) < 4.78 is 15.8. The van der Waals surface area contributed by atoms with Crippen molar-refractivity contribution in [3.8, 4) is 11.4 Å². The van der Waals surface area contributed by atoms with Crippen molar-refractivity contribution in [3.63, 3.8) is 0 Å². The smallest absolute Gasteiger partial charge is 0.185 e. The van der Waals surface area contributed by atoms with Gasteiger partial charge in [0, 0.05) is 30.7 Å². The fraction of sp³-hybridized carbons (Fsp3) is 0.471. The molecule has 5 nitrogen and oxygen atoms in total. The van der Waals surface area contributed by atoms with Crippen LogP contribution in [0, 0.1) is 4.77 Å². The van der Waals surface area contributed by atoms with Crippen LogP contribution in [-0.4, -0.2) is 46.4 Å². The molecule has 6 heteroatoms. The Kier molecular flexibility index (Phi) is 4.84. The average Bonchev–Trinajstić information content (AvgIpc) is 2.92. The number of morpholine rings is 1. The second-order valence-corrected chi connectivity index (χ2v) is 6.39. The summed E-state index contributed by atoms with van der Waals surface area (Å²) in [7, 11) is 1.67. The van der Waals surface area contributed by atoms with Gasteiger partial charge in [0.25, 0.3) is 0 Å². The van der Waals surface area contributed by atoms with Crippen LogP contribution in [0.1, 0.15) is 13.8 Å². The van der Waals surface area contributed by atoms with Gasteiger partial charge >= 0.3 is 0 Å². The van der Waals surface area contributed by atoms with Gasteiger partial charge in [-0.15, -0.1) is 0 Å². The van der Waals surface area contributed by atoms with Gasteiger partial charge in [-0.1, -0.05) is 0 Å². The van der Waals surface area contributed by atoms with E-state index in [0.717, 1.165) is 36.0 Å². The molecule has 1 aromatic heterocycles. The first kappa shape index (κ1) is 16.2. The van der Waals surface area contributed by atoms with Gasteiger partial charge in [-0.25, -0.2) is 0 Å².